The molecule has 118 valence electrons. The van der Waals surface area contributed by atoms with Crippen LogP contribution in [-0.2, 0) is 4.79 Å². The maximum absolute atomic E-state index is 12.3. The average Bonchev–Trinajstić information content (AvgIpc) is 2.72. The van der Waals surface area contributed by atoms with Gasteiger partial charge < -0.3 is 15.5 Å². The van der Waals surface area contributed by atoms with Gasteiger partial charge in [-0.1, -0.05) is 32.0 Å². The molecule has 0 spiro atoms. The largest absolute Gasteiger partial charge is 0.370 e. The van der Waals surface area contributed by atoms with Crippen LogP contribution in [0.15, 0.2) is 30.3 Å². The number of halogens is 1. The van der Waals surface area contributed by atoms with Gasteiger partial charge in [0.25, 0.3) is 0 Å². The zero-order chi connectivity index (χ0) is 14.5. The lowest BCUT2D eigenvalue weighted by molar-refractivity contribution is -0.133. The Kier molecular flexibility index (Phi) is 6.99. The van der Waals surface area contributed by atoms with Gasteiger partial charge in [0.2, 0.25) is 5.91 Å². The molecule has 1 atom stereocenters. The summed E-state index contributed by atoms with van der Waals surface area (Å²) in [7, 11) is 0. The third kappa shape index (κ3) is 4.61. The lowest BCUT2D eigenvalue weighted by atomic mass is 10.0. The Morgan fingerprint density at radius 1 is 1.10 bits per heavy atom. The monoisotopic (exact) mass is 311 g/mol. The number of carbonyl (C=O) groups is 1. The number of benzene rings is 1. The van der Waals surface area contributed by atoms with Gasteiger partial charge in [0.1, 0.15) is 0 Å². The topological polar surface area (TPSA) is 49.6 Å². The minimum absolute atomic E-state index is 0. The van der Waals surface area contributed by atoms with Crippen LogP contribution in [0.2, 0.25) is 0 Å². The molecule has 1 saturated heterocycles. The number of hydrogen-bond donors (Lipinski definition) is 1. The van der Waals surface area contributed by atoms with E-state index in [9.17, 15) is 4.79 Å². The lowest BCUT2D eigenvalue weighted by Gasteiger charge is -2.26. The van der Waals surface area contributed by atoms with Gasteiger partial charge in [0.05, 0.1) is 6.04 Å². The second-order valence-corrected chi connectivity index (χ2v) is 5.77. The van der Waals surface area contributed by atoms with Crippen LogP contribution in [0.3, 0.4) is 0 Å². The summed E-state index contributed by atoms with van der Waals surface area (Å²) in [5, 5.41) is 0. The van der Waals surface area contributed by atoms with Crippen LogP contribution in [0.5, 0.6) is 0 Å². The minimum atomic E-state index is -0.377. The molecule has 1 aliphatic heterocycles. The molecule has 0 aliphatic carbocycles. The molecule has 2 N–H and O–H groups in total. The van der Waals surface area contributed by atoms with Crippen molar-refractivity contribution in [3.63, 3.8) is 0 Å². The Balaban J connectivity index is 0.00000220. The lowest BCUT2D eigenvalue weighted by Crippen LogP contribution is -2.47. The first kappa shape index (κ1) is 17.8. The fourth-order valence-electron chi connectivity index (χ4n) is 2.53. The molecule has 1 aliphatic rings. The predicted octanol–water partition coefficient (Wildman–Crippen LogP) is 2.13. The van der Waals surface area contributed by atoms with Gasteiger partial charge in [-0.2, -0.15) is 0 Å². The van der Waals surface area contributed by atoms with Gasteiger partial charge in [-0.15, -0.1) is 12.4 Å². The molecule has 0 saturated carbocycles. The highest BCUT2D eigenvalue weighted by Crippen LogP contribution is 2.16. The zero-order valence-electron chi connectivity index (χ0n) is 12.9. The molecule has 5 heteroatoms. The summed E-state index contributed by atoms with van der Waals surface area (Å²) >= 11 is 0. The maximum atomic E-state index is 12.3. The third-order valence-corrected chi connectivity index (χ3v) is 3.93. The molecule has 1 fully saturated rings. The second-order valence-electron chi connectivity index (χ2n) is 5.77. The fraction of sp³-hybridized carbons (Fsp3) is 0.562. The van der Waals surface area contributed by atoms with Crippen molar-refractivity contribution in [3.8, 4) is 0 Å². The molecule has 21 heavy (non-hydrogen) atoms. The zero-order valence-corrected chi connectivity index (χ0v) is 13.7. The molecule has 1 aromatic carbocycles. The summed E-state index contributed by atoms with van der Waals surface area (Å²) in [4.78, 5) is 16.6. The van der Waals surface area contributed by atoms with Crippen molar-refractivity contribution in [2.24, 2.45) is 11.7 Å². The molecule has 0 radical (unpaired) electrons. The SMILES string of the molecule is CC(C)[C@H](N)C(=O)N1CCCN(c2ccccc2)CC1.Cl. The normalized spacial score (nSPS) is 17.1. The van der Waals surface area contributed by atoms with Crippen molar-refractivity contribution in [2.45, 2.75) is 26.3 Å². The Morgan fingerprint density at radius 3 is 2.38 bits per heavy atom. The first-order chi connectivity index (χ1) is 9.59. The van der Waals surface area contributed by atoms with Gasteiger partial charge in [0.15, 0.2) is 0 Å². The molecule has 1 aromatic rings. The van der Waals surface area contributed by atoms with Crippen molar-refractivity contribution < 1.29 is 4.79 Å². The molecule has 1 amide bonds. The number of nitrogens with two attached hydrogens (primary N) is 1. The molecular formula is C16H26ClN3O. The Hall–Kier alpha value is -1.26. The number of hydrogen-bond acceptors (Lipinski definition) is 3. The van der Waals surface area contributed by atoms with E-state index in [4.69, 9.17) is 5.73 Å². The van der Waals surface area contributed by atoms with Crippen LogP contribution in [-0.4, -0.2) is 43.0 Å². The Bertz CT molecular complexity index is 438. The van der Waals surface area contributed by atoms with Crippen LogP contribution in [0.4, 0.5) is 5.69 Å². The van der Waals surface area contributed by atoms with Crippen LogP contribution < -0.4 is 10.6 Å². The second kappa shape index (κ2) is 8.25. The molecule has 0 unspecified atom stereocenters. The summed E-state index contributed by atoms with van der Waals surface area (Å²) in [5.74, 6) is 0.283. The number of anilines is 1. The first-order valence-corrected chi connectivity index (χ1v) is 7.44. The molecule has 4 nitrogen and oxygen atoms in total. The molecule has 2 rings (SSSR count). The Morgan fingerprint density at radius 2 is 1.76 bits per heavy atom. The van der Waals surface area contributed by atoms with E-state index in [0.29, 0.717) is 0 Å². The van der Waals surface area contributed by atoms with E-state index < -0.39 is 0 Å². The predicted molar refractivity (Wildman–Crippen MR) is 89.9 cm³/mol. The maximum Gasteiger partial charge on any atom is 0.239 e. The number of rotatable bonds is 3. The number of para-hydroxylation sites is 1. The number of carbonyl (C=O) groups excluding carboxylic acids is 1. The number of nitrogens with zero attached hydrogens (tertiary/aromatic N) is 2. The Labute approximate surface area is 133 Å². The van der Waals surface area contributed by atoms with E-state index in [-0.39, 0.29) is 30.3 Å². The highest BCUT2D eigenvalue weighted by molar-refractivity contribution is 5.85. The van der Waals surface area contributed by atoms with Crippen molar-refractivity contribution in [1.82, 2.24) is 4.90 Å². The van der Waals surface area contributed by atoms with Gasteiger partial charge >= 0.3 is 0 Å². The van der Waals surface area contributed by atoms with Gasteiger partial charge in [-0.3, -0.25) is 4.79 Å². The van der Waals surface area contributed by atoms with Gasteiger partial charge in [0, 0.05) is 31.9 Å². The van der Waals surface area contributed by atoms with Crippen molar-refractivity contribution in [2.75, 3.05) is 31.1 Å². The van der Waals surface area contributed by atoms with Crippen LogP contribution >= 0.6 is 12.4 Å². The first-order valence-electron chi connectivity index (χ1n) is 7.44. The average molecular weight is 312 g/mol. The smallest absolute Gasteiger partial charge is 0.239 e. The van der Waals surface area contributed by atoms with Crippen molar-refractivity contribution in [3.05, 3.63) is 30.3 Å². The summed E-state index contributed by atoms with van der Waals surface area (Å²) in [6.45, 7) is 7.43. The molecule has 0 aromatic heterocycles. The van der Waals surface area contributed by atoms with Crippen LogP contribution in [0.1, 0.15) is 20.3 Å². The van der Waals surface area contributed by atoms with E-state index in [1.54, 1.807) is 0 Å². The summed E-state index contributed by atoms with van der Waals surface area (Å²) in [6, 6.07) is 10.0. The summed E-state index contributed by atoms with van der Waals surface area (Å²) in [5.41, 5.74) is 7.21. The van der Waals surface area contributed by atoms with Crippen LogP contribution in [0, 0.1) is 5.92 Å². The van der Waals surface area contributed by atoms with E-state index in [2.05, 4.69) is 29.2 Å². The van der Waals surface area contributed by atoms with Crippen molar-refractivity contribution in [1.29, 1.82) is 0 Å². The highest BCUT2D eigenvalue weighted by Gasteiger charge is 2.25. The molecule has 0 bridgehead atoms. The van der Waals surface area contributed by atoms with E-state index in [1.807, 2.05) is 24.8 Å². The molecule has 1 heterocycles. The third-order valence-electron chi connectivity index (χ3n) is 3.93. The number of amides is 1. The summed E-state index contributed by atoms with van der Waals surface area (Å²) in [6.07, 6.45) is 0.992. The summed E-state index contributed by atoms with van der Waals surface area (Å²) < 4.78 is 0. The van der Waals surface area contributed by atoms with Crippen LogP contribution in [0.25, 0.3) is 0 Å². The van der Waals surface area contributed by atoms with E-state index in [1.165, 1.54) is 5.69 Å². The standard InChI is InChI=1S/C16H25N3O.ClH/c1-13(2)15(17)16(20)19-10-6-9-18(11-12-19)14-7-4-3-5-8-14;/h3-5,7-8,13,15H,6,9-12,17H2,1-2H3;1H/t15-;/m0./s1. The van der Waals surface area contributed by atoms with E-state index in [0.717, 1.165) is 32.6 Å². The molecular weight excluding hydrogens is 286 g/mol. The van der Waals surface area contributed by atoms with E-state index >= 15 is 0 Å². The minimum Gasteiger partial charge on any atom is -0.370 e. The quantitative estimate of drug-likeness (QED) is 0.930. The fourth-order valence-corrected chi connectivity index (χ4v) is 2.53. The van der Waals surface area contributed by atoms with Gasteiger partial charge in [-0.05, 0) is 24.5 Å². The van der Waals surface area contributed by atoms with Crippen molar-refractivity contribution >= 4 is 24.0 Å². The van der Waals surface area contributed by atoms with Gasteiger partial charge in [-0.25, -0.2) is 0 Å². The highest BCUT2D eigenvalue weighted by atomic mass is 35.5.